The lowest BCUT2D eigenvalue weighted by molar-refractivity contribution is 0.274. The van der Waals surface area contributed by atoms with E-state index in [1.807, 2.05) is 0 Å². The second-order valence-electron chi connectivity index (χ2n) is 2.91. The van der Waals surface area contributed by atoms with Gasteiger partial charge in [0.25, 0.3) is 0 Å². The lowest BCUT2D eigenvalue weighted by Gasteiger charge is -2.14. The molecule has 0 radical (unpaired) electrons. The maximum Gasteiger partial charge on any atom is 0.137 e. The largest absolute Gasteiger partial charge is 0.506 e. The van der Waals surface area contributed by atoms with Gasteiger partial charge >= 0.3 is 0 Å². The Bertz CT molecular complexity index is 338. The molecular formula is C9H12BrClFNO2. The van der Waals surface area contributed by atoms with Crippen LogP contribution in [0.3, 0.4) is 0 Å². The minimum Gasteiger partial charge on any atom is -0.506 e. The van der Waals surface area contributed by atoms with Crippen molar-refractivity contribution in [2.45, 2.75) is 12.5 Å². The Hall–Kier alpha value is -0.360. The van der Waals surface area contributed by atoms with E-state index in [1.54, 1.807) is 0 Å². The summed E-state index contributed by atoms with van der Waals surface area (Å²) >= 11 is 3.06. The van der Waals surface area contributed by atoms with Crippen molar-refractivity contribution in [3.05, 3.63) is 28.0 Å². The summed E-state index contributed by atoms with van der Waals surface area (Å²) in [6.07, 6.45) is 0.209. The van der Waals surface area contributed by atoms with E-state index in [2.05, 4.69) is 15.9 Å². The van der Waals surface area contributed by atoms with Gasteiger partial charge in [-0.05, 0) is 34.5 Å². The molecule has 1 aromatic rings. The number of phenols is 1. The summed E-state index contributed by atoms with van der Waals surface area (Å²) < 4.78 is 13.7. The first kappa shape index (κ1) is 14.6. The van der Waals surface area contributed by atoms with Crippen LogP contribution in [0.5, 0.6) is 5.75 Å². The molecule has 0 aliphatic heterocycles. The molecule has 15 heavy (non-hydrogen) atoms. The van der Waals surface area contributed by atoms with E-state index >= 15 is 0 Å². The molecule has 1 rings (SSSR count). The fourth-order valence-corrected chi connectivity index (χ4v) is 1.54. The molecule has 0 aromatic heterocycles. The first-order valence-corrected chi connectivity index (χ1v) is 4.90. The van der Waals surface area contributed by atoms with Crippen molar-refractivity contribution in [3.63, 3.8) is 0 Å². The summed E-state index contributed by atoms with van der Waals surface area (Å²) in [7, 11) is 0. The Balaban J connectivity index is 0.00000196. The number of aliphatic hydroxyl groups excluding tert-OH is 1. The molecule has 0 bridgehead atoms. The van der Waals surface area contributed by atoms with E-state index < -0.39 is 11.9 Å². The highest BCUT2D eigenvalue weighted by Gasteiger charge is 2.17. The van der Waals surface area contributed by atoms with Crippen molar-refractivity contribution >= 4 is 28.3 Å². The topological polar surface area (TPSA) is 66.5 Å². The van der Waals surface area contributed by atoms with Crippen LogP contribution >= 0.6 is 28.3 Å². The Morgan fingerprint density at radius 2 is 2.07 bits per heavy atom. The fourth-order valence-electron chi connectivity index (χ4n) is 1.19. The number of aliphatic hydroxyl groups is 1. The quantitative estimate of drug-likeness (QED) is 0.801. The summed E-state index contributed by atoms with van der Waals surface area (Å²) in [5.41, 5.74) is 5.63. The lowest BCUT2D eigenvalue weighted by Crippen LogP contribution is -2.14. The van der Waals surface area contributed by atoms with Gasteiger partial charge in [-0.25, -0.2) is 4.39 Å². The van der Waals surface area contributed by atoms with Gasteiger partial charge in [0.15, 0.2) is 0 Å². The van der Waals surface area contributed by atoms with Crippen LogP contribution in [0.15, 0.2) is 16.6 Å². The first-order valence-electron chi connectivity index (χ1n) is 4.11. The van der Waals surface area contributed by atoms with Crippen molar-refractivity contribution < 1.29 is 14.6 Å². The highest BCUT2D eigenvalue weighted by Crippen LogP contribution is 2.33. The minimum atomic E-state index is -0.697. The molecule has 86 valence electrons. The van der Waals surface area contributed by atoms with Gasteiger partial charge in [-0.2, -0.15) is 0 Å². The zero-order valence-corrected chi connectivity index (χ0v) is 10.2. The Labute approximate surface area is 102 Å². The van der Waals surface area contributed by atoms with Crippen LogP contribution in [0.2, 0.25) is 0 Å². The van der Waals surface area contributed by atoms with Crippen LogP contribution in [0, 0.1) is 5.82 Å². The van der Waals surface area contributed by atoms with Crippen molar-refractivity contribution in [1.82, 2.24) is 0 Å². The minimum absolute atomic E-state index is 0. The molecule has 0 saturated carbocycles. The number of phenolic OH excluding ortho intramolecular Hbond substituents is 1. The van der Waals surface area contributed by atoms with Crippen molar-refractivity contribution in [1.29, 1.82) is 0 Å². The van der Waals surface area contributed by atoms with Crippen molar-refractivity contribution in [3.8, 4) is 5.75 Å². The Morgan fingerprint density at radius 3 is 2.60 bits per heavy atom. The molecule has 1 atom stereocenters. The zero-order chi connectivity index (χ0) is 10.7. The number of rotatable bonds is 3. The average molecular weight is 301 g/mol. The van der Waals surface area contributed by atoms with Gasteiger partial charge in [-0.15, -0.1) is 12.4 Å². The molecule has 0 aliphatic carbocycles. The molecule has 0 aliphatic rings. The van der Waals surface area contributed by atoms with E-state index in [4.69, 9.17) is 10.8 Å². The SMILES string of the molecule is Cl.N[C@@H](CCO)c1c(F)ccc(Br)c1O. The smallest absolute Gasteiger partial charge is 0.137 e. The highest BCUT2D eigenvalue weighted by molar-refractivity contribution is 9.10. The standard InChI is InChI=1S/C9H11BrFNO2.ClH/c10-5-1-2-6(11)8(9(5)14)7(12)3-4-13;/h1-2,7,13-14H,3-4,12H2;1H/t7-;/m0./s1. The summed E-state index contributed by atoms with van der Waals surface area (Å²) in [6, 6.07) is 1.92. The van der Waals surface area contributed by atoms with E-state index in [1.165, 1.54) is 12.1 Å². The molecule has 0 fully saturated rings. The molecule has 0 spiro atoms. The Kier molecular flexibility index (Phi) is 6.12. The van der Waals surface area contributed by atoms with E-state index in [-0.39, 0.29) is 36.7 Å². The number of hydrogen-bond acceptors (Lipinski definition) is 3. The van der Waals surface area contributed by atoms with Crippen LogP contribution in [0.4, 0.5) is 4.39 Å². The normalized spacial score (nSPS) is 12.0. The summed E-state index contributed by atoms with van der Waals surface area (Å²) in [5.74, 6) is -0.766. The molecule has 0 unspecified atom stereocenters. The maximum absolute atomic E-state index is 13.3. The summed E-state index contributed by atoms with van der Waals surface area (Å²) in [6.45, 7) is -0.146. The van der Waals surface area contributed by atoms with Gasteiger partial charge in [0.2, 0.25) is 0 Å². The summed E-state index contributed by atoms with van der Waals surface area (Å²) in [4.78, 5) is 0. The second kappa shape index (κ2) is 6.27. The number of benzene rings is 1. The lowest BCUT2D eigenvalue weighted by atomic mass is 10.0. The highest BCUT2D eigenvalue weighted by atomic mass is 79.9. The first-order chi connectivity index (χ1) is 6.57. The van der Waals surface area contributed by atoms with Crippen LogP contribution < -0.4 is 5.73 Å². The molecule has 1 aromatic carbocycles. The third-order valence-electron chi connectivity index (χ3n) is 1.93. The third-order valence-corrected chi connectivity index (χ3v) is 2.57. The van der Waals surface area contributed by atoms with E-state index in [0.717, 1.165) is 0 Å². The molecule has 3 nitrogen and oxygen atoms in total. The number of halogens is 3. The van der Waals surface area contributed by atoms with Crippen molar-refractivity contribution in [2.75, 3.05) is 6.61 Å². The monoisotopic (exact) mass is 299 g/mol. The fraction of sp³-hybridized carbons (Fsp3) is 0.333. The van der Waals surface area contributed by atoms with Gasteiger partial charge in [0.1, 0.15) is 11.6 Å². The summed E-state index contributed by atoms with van der Waals surface area (Å²) in [5, 5.41) is 18.2. The third kappa shape index (κ3) is 3.31. The molecule has 4 N–H and O–H groups in total. The predicted molar refractivity (Wildman–Crippen MR) is 61.6 cm³/mol. The van der Waals surface area contributed by atoms with E-state index in [9.17, 15) is 9.50 Å². The number of hydrogen-bond donors (Lipinski definition) is 3. The number of aromatic hydroxyl groups is 1. The average Bonchev–Trinajstić information content (AvgIpc) is 2.13. The molecular weight excluding hydrogens is 288 g/mol. The number of nitrogens with two attached hydrogens (primary N) is 1. The Morgan fingerprint density at radius 1 is 1.47 bits per heavy atom. The van der Waals surface area contributed by atoms with Gasteiger partial charge in [0, 0.05) is 18.2 Å². The second-order valence-corrected chi connectivity index (χ2v) is 3.76. The molecule has 6 heteroatoms. The van der Waals surface area contributed by atoms with Gasteiger partial charge in [-0.3, -0.25) is 0 Å². The van der Waals surface area contributed by atoms with Gasteiger partial charge in [-0.1, -0.05) is 0 Å². The van der Waals surface area contributed by atoms with Crippen molar-refractivity contribution in [2.24, 2.45) is 5.73 Å². The van der Waals surface area contributed by atoms with Crippen LogP contribution in [0.1, 0.15) is 18.0 Å². The van der Waals surface area contributed by atoms with Gasteiger partial charge in [0.05, 0.1) is 4.47 Å². The molecule has 0 saturated heterocycles. The predicted octanol–water partition coefficient (Wildman–Crippen LogP) is 2.10. The van der Waals surface area contributed by atoms with Crippen LogP contribution in [-0.2, 0) is 0 Å². The van der Waals surface area contributed by atoms with Crippen LogP contribution in [0.25, 0.3) is 0 Å². The van der Waals surface area contributed by atoms with E-state index in [0.29, 0.717) is 4.47 Å². The van der Waals surface area contributed by atoms with Gasteiger partial charge < -0.3 is 15.9 Å². The molecule has 0 heterocycles. The molecule has 0 amide bonds. The maximum atomic E-state index is 13.3. The van der Waals surface area contributed by atoms with Crippen LogP contribution in [-0.4, -0.2) is 16.8 Å². The zero-order valence-electron chi connectivity index (χ0n) is 7.78.